The predicted molar refractivity (Wildman–Crippen MR) is 81.0 cm³/mol. The molecule has 1 atom stereocenters. The van der Waals surface area contributed by atoms with Crippen LogP contribution in [0.3, 0.4) is 0 Å². The first-order valence-electron chi connectivity index (χ1n) is 7.40. The first-order valence-corrected chi connectivity index (χ1v) is 7.78. The molecule has 1 saturated carbocycles. The van der Waals surface area contributed by atoms with Gasteiger partial charge in [-0.15, -0.1) is 0 Å². The van der Waals surface area contributed by atoms with Crippen molar-refractivity contribution in [2.75, 3.05) is 6.54 Å². The summed E-state index contributed by atoms with van der Waals surface area (Å²) in [5, 5.41) is 4.17. The Balaban J connectivity index is 2.01. The molecule has 1 aliphatic rings. The summed E-state index contributed by atoms with van der Waals surface area (Å²) < 4.78 is 6.03. The molecule has 3 heteroatoms. The molecular weight excluding hydrogens is 258 g/mol. The van der Waals surface area contributed by atoms with Crippen molar-refractivity contribution in [2.24, 2.45) is 0 Å². The zero-order chi connectivity index (χ0) is 13.7. The lowest BCUT2D eigenvalue weighted by Gasteiger charge is -2.23. The minimum absolute atomic E-state index is 0.279. The fourth-order valence-electron chi connectivity index (χ4n) is 2.72. The van der Waals surface area contributed by atoms with Crippen LogP contribution in [0.1, 0.15) is 57.6 Å². The van der Waals surface area contributed by atoms with Crippen LogP contribution in [0.5, 0.6) is 5.75 Å². The minimum Gasteiger partial charge on any atom is -0.490 e. The zero-order valence-electron chi connectivity index (χ0n) is 11.9. The molecule has 1 fully saturated rings. The van der Waals surface area contributed by atoms with Gasteiger partial charge in [-0.2, -0.15) is 0 Å². The van der Waals surface area contributed by atoms with E-state index in [-0.39, 0.29) is 6.04 Å². The van der Waals surface area contributed by atoms with E-state index in [9.17, 15) is 0 Å². The van der Waals surface area contributed by atoms with Gasteiger partial charge in [-0.3, -0.25) is 0 Å². The third-order valence-electron chi connectivity index (χ3n) is 3.80. The van der Waals surface area contributed by atoms with Crippen LogP contribution in [0.25, 0.3) is 0 Å². The summed E-state index contributed by atoms with van der Waals surface area (Å²) in [6.07, 6.45) is 6.64. The lowest BCUT2D eigenvalue weighted by molar-refractivity contribution is 0.155. The van der Waals surface area contributed by atoms with Gasteiger partial charge in [0, 0.05) is 11.1 Å². The van der Waals surface area contributed by atoms with Crippen LogP contribution in [-0.4, -0.2) is 12.6 Å². The fourth-order valence-corrected chi connectivity index (χ4v) is 3.06. The summed E-state index contributed by atoms with van der Waals surface area (Å²) in [6, 6.07) is 6.36. The Morgan fingerprint density at radius 2 is 2.05 bits per heavy atom. The van der Waals surface area contributed by atoms with Crippen molar-refractivity contribution in [1.82, 2.24) is 5.32 Å². The molecule has 106 valence electrons. The van der Waals surface area contributed by atoms with Gasteiger partial charge in [-0.1, -0.05) is 31.0 Å². The topological polar surface area (TPSA) is 21.3 Å². The Kier molecular flexibility index (Phi) is 5.53. The number of rotatable bonds is 5. The molecule has 0 amide bonds. The molecule has 0 aromatic heterocycles. The van der Waals surface area contributed by atoms with Crippen molar-refractivity contribution in [1.29, 1.82) is 0 Å². The number of ether oxygens (including phenoxy) is 1. The quantitative estimate of drug-likeness (QED) is 0.843. The average Bonchev–Trinajstić information content (AvgIpc) is 2.40. The van der Waals surface area contributed by atoms with Gasteiger partial charge < -0.3 is 10.1 Å². The molecular formula is C16H24ClNO. The highest BCUT2D eigenvalue weighted by Gasteiger charge is 2.16. The largest absolute Gasteiger partial charge is 0.490 e. The smallest absolute Gasteiger partial charge is 0.121 e. The van der Waals surface area contributed by atoms with Gasteiger partial charge in [-0.05, 0) is 56.8 Å². The molecule has 2 rings (SSSR count). The lowest BCUT2D eigenvalue weighted by Crippen LogP contribution is -2.20. The van der Waals surface area contributed by atoms with E-state index in [0.29, 0.717) is 6.10 Å². The lowest BCUT2D eigenvalue weighted by atomic mass is 9.98. The third-order valence-corrected chi connectivity index (χ3v) is 4.13. The second-order valence-corrected chi connectivity index (χ2v) is 5.75. The monoisotopic (exact) mass is 281 g/mol. The first kappa shape index (κ1) is 14.7. The number of halogens is 1. The van der Waals surface area contributed by atoms with E-state index in [1.54, 1.807) is 0 Å². The molecule has 2 nitrogen and oxygen atoms in total. The van der Waals surface area contributed by atoms with Crippen LogP contribution >= 0.6 is 11.6 Å². The molecule has 0 bridgehead atoms. The number of nitrogens with one attached hydrogen (secondary N) is 1. The van der Waals surface area contributed by atoms with Gasteiger partial charge >= 0.3 is 0 Å². The van der Waals surface area contributed by atoms with Crippen LogP contribution in [0.2, 0.25) is 5.02 Å². The summed E-state index contributed by atoms with van der Waals surface area (Å²) in [4.78, 5) is 0. The van der Waals surface area contributed by atoms with E-state index in [1.807, 2.05) is 12.1 Å². The Morgan fingerprint density at radius 3 is 2.68 bits per heavy atom. The van der Waals surface area contributed by atoms with Gasteiger partial charge in [0.05, 0.1) is 6.10 Å². The van der Waals surface area contributed by atoms with Crippen LogP contribution in [-0.2, 0) is 0 Å². The SMILES string of the molecule is CCNC(C)c1ccc(OC2CCCCC2)cc1Cl. The van der Waals surface area contributed by atoms with Gasteiger partial charge in [0.2, 0.25) is 0 Å². The second-order valence-electron chi connectivity index (χ2n) is 5.34. The predicted octanol–water partition coefficient (Wildman–Crippen LogP) is 4.72. The standard InChI is InChI=1S/C16H24ClNO/c1-3-18-12(2)15-10-9-14(11-16(15)17)19-13-7-5-4-6-8-13/h9-13,18H,3-8H2,1-2H3. The molecule has 0 spiro atoms. The first-order chi connectivity index (χ1) is 9.20. The molecule has 0 saturated heterocycles. The van der Waals surface area contributed by atoms with E-state index < -0.39 is 0 Å². The summed E-state index contributed by atoms with van der Waals surface area (Å²) in [5.41, 5.74) is 1.14. The zero-order valence-corrected chi connectivity index (χ0v) is 12.7. The highest BCUT2D eigenvalue weighted by molar-refractivity contribution is 6.31. The van der Waals surface area contributed by atoms with Crippen LogP contribution in [0.15, 0.2) is 18.2 Å². The molecule has 0 radical (unpaired) electrons. The molecule has 1 aromatic carbocycles. The van der Waals surface area contributed by atoms with E-state index >= 15 is 0 Å². The summed E-state index contributed by atoms with van der Waals surface area (Å²) in [6.45, 7) is 5.18. The number of benzene rings is 1. The fraction of sp³-hybridized carbons (Fsp3) is 0.625. The maximum atomic E-state index is 6.36. The Labute approximate surface area is 121 Å². The van der Waals surface area contributed by atoms with E-state index in [4.69, 9.17) is 16.3 Å². The molecule has 1 aromatic rings. The molecule has 1 unspecified atom stereocenters. The highest BCUT2D eigenvalue weighted by Crippen LogP contribution is 2.29. The maximum absolute atomic E-state index is 6.36. The van der Waals surface area contributed by atoms with Crippen molar-refractivity contribution >= 4 is 11.6 Å². The Morgan fingerprint density at radius 1 is 1.32 bits per heavy atom. The van der Waals surface area contributed by atoms with Gasteiger partial charge in [0.1, 0.15) is 5.75 Å². The Bertz CT molecular complexity index is 402. The van der Waals surface area contributed by atoms with Crippen molar-refractivity contribution in [2.45, 2.75) is 58.1 Å². The molecule has 19 heavy (non-hydrogen) atoms. The summed E-state index contributed by atoms with van der Waals surface area (Å²) in [5.74, 6) is 0.907. The summed E-state index contributed by atoms with van der Waals surface area (Å²) in [7, 11) is 0. The van der Waals surface area contributed by atoms with Crippen LogP contribution in [0.4, 0.5) is 0 Å². The van der Waals surface area contributed by atoms with E-state index in [1.165, 1.54) is 32.1 Å². The van der Waals surface area contributed by atoms with Gasteiger partial charge in [-0.25, -0.2) is 0 Å². The van der Waals surface area contributed by atoms with E-state index in [2.05, 4.69) is 25.2 Å². The van der Waals surface area contributed by atoms with Gasteiger partial charge in [0.15, 0.2) is 0 Å². The molecule has 0 aliphatic heterocycles. The minimum atomic E-state index is 0.279. The third kappa shape index (κ3) is 4.12. The molecule has 1 N–H and O–H groups in total. The normalized spacial score (nSPS) is 18.3. The summed E-state index contributed by atoms with van der Waals surface area (Å²) >= 11 is 6.36. The van der Waals surface area contributed by atoms with Crippen molar-refractivity contribution in [3.63, 3.8) is 0 Å². The Hall–Kier alpha value is -0.730. The van der Waals surface area contributed by atoms with Crippen LogP contribution < -0.4 is 10.1 Å². The average molecular weight is 282 g/mol. The van der Waals surface area contributed by atoms with Crippen molar-refractivity contribution in [3.05, 3.63) is 28.8 Å². The number of hydrogen-bond acceptors (Lipinski definition) is 2. The van der Waals surface area contributed by atoms with Crippen molar-refractivity contribution in [3.8, 4) is 5.75 Å². The molecule has 1 aliphatic carbocycles. The van der Waals surface area contributed by atoms with Crippen LogP contribution in [0, 0.1) is 0 Å². The molecule has 0 heterocycles. The van der Waals surface area contributed by atoms with Crippen molar-refractivity contribution < 1.29 is 4.74 Å². The van der Waals surface area contributed by atoms with E-state index in [0.717, 1.165) is 22.9 Å². The second kappa shape index (κ2) is 7.16. The van der Waals surface area contributed by atoms with Gasteiger partial charge in [0.25, 0.3) is 0 Å². The number of hydrogen-bond donors (Lipinski definition) is 1. The highest BCUT2D eigenvalue weighted by atomic mass is 35.5. The maximum Gasteiger partial charge on any atom is 0.121 e.